The van der Waals surface area contributed by atoms with Crippen LogP contribution in [0, 0.1) is 5.82 Å². The van der Waals surface area contributed by atoms with E-state index < -0.39 is 19.8 Å². The van der Waals surface area contributed by atoms with Gasteiger partial charge in [-0.2, -0.15) is 0 Å². The fraction of sp³-hybridized carbons (Fsp3) is 0.500. The Morgan fingerprint density at radius 1 is 1.10 bits per heavy atom. The van der Waals surface area contributed by atoms with Crippen molar-refractivity contribution in [2.24, 2.45) is 0 Å². The standard InChI is InChI=1S/C14H17ClFNO3S/c15-21(19,20)13-10-11(6-7-12(13)16)14(18)17-8-4-2-1-3-5-9-17/h6-7,10H,1-5,8-9H2. The fourth-order valence-corrected chi connectivity index (χ4v) is 3.38. The van der Waals surface area contributed by atoms with E-state index in [-0.39, 0.29) is 11.5 Å². The molecule has 0 aliphatic carbocycles. The summed E-state index contributed by atoms with van der Waals surface area (Å²) in [6, 6.07) is 3.27. The average molecular weight is 334 g/mol. The monoisotopic (exact) mass is 333 g/mol. The molecule has 0 bridgehead atoms. The minimum Gasteiger partial charge on any atom is -0.339 e. The normalized spacial score (nSPS) is 17.1. The Bertz CT molecular complexity index is 625. The molecule has 7 heteroatoms. The third kappa shape index (κ3) is 4.17. The molecular formula is C14H17ClFNO3S. The first-order chi connectivity index (χ1) is 9.89. The Hall–Kier alpha value is -1.14. The highest BCUT2D eigenvalue weighted by Crippen LogP contribution is 2.22. The van der Waals surface area contributed by atoms with Crippen LogP contribution in [0.2, 0.25) is 0 Å². The van der Waals surface area contributed by atoms with E-state index in [0.717, 1.165) is 37.8 Å². The maximum atomic E-state index is 13.5. The lowest BCUT2D eigenvalue weighted by molar-refractivity contribution is 0.0742. The van der Waals surface area contributed by atoms with Crippen LogP contribution in [0.5, 0.6) is 0 Å². The van der Waals surface area contributed by atoms with E-state index in [1.165, 1.54) is 12.5 Å². The lowest BCUT2D eigenvalue weighted by Gasteiger charge is -2.25. The number of carbonyl (C=O) groups is 1. The summed E-state index contributed by atoms with van der Waals surface area (Å²) in [5.41, 5.74) is 0.149. The molecule has 2 rings (SSSR count). The molecule has 1 fully saturated rings. The van der Waals surface area contributed by atoms with E-state index in [0.29, 0.717) is 13.1 Å². The second kappa shape index (κ2) is 6.75. The molecule has 0 aromatic heterocycles. The zero-order chi connectivity index (χ0) is 15.5. The maximum Gasteiger partial charge on any atom is 0.264 e. The van der Waals surface area contributed by atoms with Gasteiger partial charge in [-0.05, 0) is 31.0 Å². The molecule has 0 radical (unpaired) electrons. The van der Waals surface area contributed by atoms with Gasteiger partial charge in [0.1, 0.15) is 10.7 Å². The molecule has 21 heavy (non-hydrogen) atoms. The molecule has 1 aromatic rings. The summed E-state index contributed by atoms with van der Waals surface area (Å²) >= 11 is 0. The molecule has 1 aliphatic heterocycles. The largest absolute Gasteiger partial charge is 0.339 e. The quantitative estimate of drug-likeness (QED) is 0.781. The number of benzene rings is 1. The molecule has 0 saturated carbocycles. The van der Waals surface area contributed by atoms with Crippen LogP contribution in [-0.4, -0.2) is 32.3 Å². The molecule has 0 unspecified atom stereocenters. The second-order valence-corrected chi connectivity index (χ2v) is 7.68. The number of carbonyl (C=O) groups excluding carboxylic acids is 1. The first kappa shape index (κ1) is 16.2. The summed E-state index contributed by atoms with van der Waals surface area (Å²) < 4.78 is 36.1. The molecule has 0 atom stereocenters. The number of rotatable bonds is 2. The molecular weight excluding hydrogens is 317 g/mol. The van der Waals surface area contributed by atoms with Crippen molar-refractivity contribution in [2.75, 3.05) is 13.1 Å². The summed E-state index contributed by atoms with van der Waals surface area (Å²) in [5.74, 6) is -1.23. The summed E-state index contributed by atoms with van der Waals surface area (Å²) in [6.45, 7) is 1.28. The van der Waals surface area contributed by atoms with Gasteiger partial charge in [-0.15, -0.1) is 0 Å². The van der Waals surface area contributed by atoms with Gasteiger partial charge >= 0.3 is 0 Å². The van der Waals surface area contributed by atoms with E-state index in [1.807, 2.05) is 0 Å². The highest BCUT2D eigenvalue weighted by Gasteiger charge is 2.22. The van der Waals surface area contributed by atoms with Crippen LogP contribution in [0.1, 0.15) is 42.5 Å². The minimum absolute atomic E-state index is 0.149. The first-order valence-electron chi connectivity index (χ1n) is 6.93. The Balaban J connectivity index is 2.26. The molecule has 1 amide bonds. The van der Waals surface area contributed by atoms with Crippen LogP contribution in [0.3, 0.4) is 0 Å². The predicted molar refractivity (Wildman–Crippen MR) is 78.4 cm³/mol. The lowest BCUT2D eigenvalue weighted by atomic mass is 10.1. The van der Waals surface area contributed by atoms with E-state index >= 15 is 0 Å². The van der Waals surface area contributed by atoms with Gasteiger partial charge in [0.25, 0.3) is 15.0 Å². The summed E-state index contributed by atoms with van der Waals surface area (Å²) in [7, 11) is 0.974. The molecule has 4 nitrogen and oxygen atoms in total. The fourth-order valence-electron chi connectivity index (χ4n) is 2.46. The van der Waals surface area contributed by atoms with Gasteiger partial charge in [-0.1, -0.05) is 19.3 Å². The smallest absolute Gasteiger partial charge is 0.264 e. The van der Waals surface area contributed by atoms with Crippen LogP contribution in [0.4, 0.5) is 4.39 Å². The third-order valence-electron chi connectivity index (χ3n) is 3.58. The lowest BCUT2D eigenvalue weighted by Crippen LogP contribution is -2.33. The Kier molecular flexibility index (Phi) is 5.22. The number of nitrogens with zero attached hydrogens (tertiary/aromatic N) is 1. The van der Waals surface area contributed by atoms with Crippen molar-refractivity contribution in [3.63, 3.8) is 0 Å². The highest BCUT2D eigenvalue weighted by molar-refractivity contribution is 8.13. The Labute approximate surface area is 128 Å². The highest BCUT2D eigenvalue weighted by atomic mass is 35.7. The van der Waals surface area contributed by atoms with Crippen molar-refractivity contribution in [3.8, 4) is 0 Å². The topological polar surface area (TPSA) is 54.5 Å². The van der Waals surface area contributed by atoms with E-state index in [1.54, 1.807) is 4.90 Å². The molecule has 0 N–H and O–H groups in total. The van der Waals surface area contributed by atoms with Gasteiger partial charge in [0.2, 0.25) is 0 Å². The van der Waals surface area contributed by atoms with Gasteiger partial charge < -0.3 is 4.90 Å². The predicted octanol–water partition coefficient (Wildman–Crippen LogP) is 3.16. The van der Waals surface area contributed by atoms with E-state index in [9.17, 15) is 17.6 Å². The molecule has 1 aliphatic rings. The molecule has 1 heterocycles. The number of hydrogen-bond donors (Lipinski definition) is 0. The van der Waals surface area contributed by atoms with Gasteiger partial charge in [-0.25, -0.2) is 12.8 Å². The number of likely N-dealkylation sites (tertiary alicyclic amines) is 1. The number of halogens is 2. The van der Waals surface area contributed by atoms with Crippen LogP contribution in [0.15, 0.2) is 23.1 Å². The van der Waals surface area contributed by atoms with Gasteiger partial charge in [0.15, 0.2) is 0 Å². The second-order valence-electron chi connectivity index (χ2n) is 5.14. The molecule has 1 saturated heterocycles. The van der Waals surface area contributed by atoms with Crippen molar-refractivity contribution in [1.82, 2.24) is 4.90 Å². The number of amides is 1. The molecule has 1 aromatic carbocycles. The summed E-state index contributed by atoms with van der Waals surface area (Å²) in [6.07, 6.45) is 5.18. The number of hydrogen-bond acceptors (Lipinski definition) is 3. The zero-order valence-corrected chi connectivity index (χ0v) is 13.1. The van der Waals surface area contributed by atoms with Crippen molar-refractivity contribution >= 4 is 25.6 Å². The molecule has 116 valence electrons. The summed E-state index contributed by atoms with van der Waals surface area (Å²) in [5, 5.41) is 0. The summed E-state index contributed by atoms with van der Waals surface area (Å²) in [4.78, 5) is 13.5. The molecule has 0 spiro atoms. The van der Waals surface area contributed by atoms with Crippen molar-refractivity contribution < 1.29 is 17.6 Å². The van der Waals surface area contributed by atoms with Crippen LogP contribution in [-0.2, 0) is 9.05 Å². The Morgan fingerprint density at radius 3 is 2.24 bits per heavy atom. The van der Waals surface area contributed by atoms with Gasteiger partial charge in [-0.3, -0.25) is 4.79 Å². The van der Waals surface area contributed by atoms with E-state index in [2.05, 4.69) is 0 Å². The van der Waals surface area contributed by atoms with Crippen LogP contribution in [0.25, 0.3) is 0 Å². The van der Waals surface area contributed by atoms with Gasteiger partial charge in [0, 0.05) is 29.3 Å². The Morgan fingerprint density at radius 2 is 1.67 bits per heavy atom. The van der Waals surface area contributed by atoms with Crippen LogP contribution < -0.4 is 0 Å². The third-order valence-corrected chi connectivity index (χ3v) is 4.92. The van der Waals surface area contributed by atoms with Crippen molar-refractivity contribution in [3.05, 3.63) is 29.6 Å². The van der Waals surface area contributed by atoms with Gasteiger partial charge in [0.05, 0.1) is 0 Å². The first-order valence-corrected chi connectivity index (χ1v) is 9.24. The maximum absolute atomic E-state index is 13.5. The van der Waals surface area contributed by atoms with E-state index in [4.69, 9.17) is 10.7 Å². The zero-order valence-electron chi connectivity index (χ0n) is 11.5. The van der Waals surface area contributed by atoms with Crippen LogP contribution >= 0.6 is 10.7 Å². The SMILES string of the molecule is O=C(c1ccc(F)c(S(=O)(=O)Cl)c1)N1CCCCCCC1. The van der Waals surface area contributed by atoms with Crippen molar-refractivity contribution in [2.45, 2.75) is 37.0 Å². The minimum atomic E-state index is -4.21. The van der Waals surface area contributed by atoms with Crippen molar-refractivity contribution in [1.29, 1.82) is 0 Å². The average Bonchev–Trinajstić information content (AvgIpc) is 2.36.